The zero-order valence-electron chi connectivity index (χ0n) is 57.3. The van der Waals surface area contributed by atoms with Crippen LogP contribution in [0.25, 0.3) is 39.1 Å². The van der Waals surface area contributed by atoms with Crippen LogP contribution in [0.3, 0.4) is 0 Å². The number of pyridine rings is 2. The van der Waals surface area contributed by atoms with Crippen LogP contribution in [0.1, 0.15) is 119 Å². The summed E-state index contributed by atoms with van der Waals surface area (Å²) in [5.41, 5.74) is 7.23. The molecule has 3 aliphatic heterocycles. The monoisotopic (exact) mass is 1390 g/mol. The van der Waals surface area contributed by atoms with Crippen LogP contribution in [0.4, 0.5) is 10.5 Å². The SMILES string of the molecule is C.CCCCOc1cc(CC2CNC(=O)N2)ccc1C.CCCc1nn(C)c2c(=O)[nH]c(-c3cc(CN4CCN(C)CC4)ccc3OCC)nc12.COc1ccc(C2CNC(=O)C2)cc1OC1CCCC1.Cl.O=c1c2cccnc2n(-c2cccc([N+](=O)[O-])c2)c(=O)n1Cc1ccncc1. The number of aryl methyl sites for hydroxylation is 3. The first-order valence-corrected chi connectivity index (χ1v) is 33.8. The minimum Gasteiger partial charge on any atom is -0.493 e. The predicted octanol–water partition coefficient (Wildman–Crippen LogP) is 10.4. The van der Waals surface area contributed by atoms with Crippen molar-refractivity contribution in [3.63, 3.8) is 0 Å². The molecule has 8 heterocycles. The van der Waals surface area contributed by atoms with E-state index in [4.69, 9.17) is 23.9 Å². The van der Waals surface area contributed by atoms with Crippen LogP contribution in [-0.2, 0) is 37.8 Å². The summed E-state index contributed by atoms with van der Waals surface area (Å²) >= 11 is 0. The third kappa shape index (κ3) is 19.3. The van der Waals surface area contributed by atoms with E-state index in [1.54, 1.807) is 61.6 Å². The maximum absolute atomic E-state index is 13.2. The Hall–Kier alpha value is -9.98. The van der Waals surface area contributed by atoms with Crippen LogP contribution in [0.5, 0.6) is 23.0 Å². The number of nitro groups is 1. The molecule has 13 rings (SSSR count). The zero-order valence-corrected chi connectivity index (χ0v) is 58.1. The van der Waals surface area contributed by atoms with Gasteiger partial charge in [0.25, 0.3) is 16.8 Å². The number of halogens is 1. The van der Waals surface area contributed by atoms with Crippen molar-refractivity contribution < 1.29 is 33.5 Å². The first-order chi connectivity index (χ1) is 47.5. The number of benzene rings is 4. The normalized spacial score (nSPS) is 15.9. The summed E-state index contributed by atoms with van der Waals surface area (Å²) in [5, 5.41) is 24.5. The van der Waals surface area contributed by atoms with E-state index in [1.165, 1.54) is 52.9 Å². The number of nitro benzene ring substituents is 1. The summed E-state index contributed by atoms with van der Waals surface area (Å²) in [6.45, 7) is 16.2. The van der Waals surface area contributed by atoms with Crippen molar-refractivity contribution >= 4 is 52.1 Å². The molecule has 1 aliphatic carbocycles. The number of carbonyl (C=O) groups excluding carboxylic acids is 2. The maximum Gasteiger partial charge on any atom is 0.337 e. The highest BCUT2D eigenvalue weighted by Gasteiger charge is 2.27. The Morgan fingerprint density at radius 1 is 0.750 bits per heavy atom. The Morgan fingerprint density at radius 2 is 1.51 bits per heavy atom. The Labute approximate surface area is 588 Å². The smallest absolute Gasteiger partial charge is 0.337 e. The number of hydrogen-bond acceptors (Lipinski definition) is 17. The fraction of sp³-hybridized carbons (Fsp3) is 0.419. The average Bonchev–Trinajstić information content (AvgIpc) is 0.960. The number of likely N-dealkylation sites (N-methyl/N-ethyl adjacent to an activating group) is 1. The van der Waals surface area contributed by atoms with E-state index in [2.05, 4.69) is 104 Å². The standard InChI is InChI=1S/C23H32N6O2.C19H13N5O4.C16H21NO3.C15H22N2O2.CH4.ClH/c1-5-7-18-20-21(28(4)26-18)23(30)25-22(24-20)17-14-16(8-9-19(17)31-6-2)15-29-12-10-27(3)11-13-29;25-18-16-5-2-8-21-17(16)23(14-3-1-4-15(11-14)24(27)28)19(26)22(18)12-13-6-9-20-10-7-13;1-19-14-7-6-11(12-9-16(18)17-10-12)8-15(14)20-13-4-2-3-5-13;1-3-4-7-19-14-9-12(6-5-11(14)2)8-13-10-16-15(18)17-13;;/h8-9,14H,5-7,10-13,15H2,1-4H3,(H,24,25,30);1-11H,12H2;6-8,12-13H,2-5,9-10H2,1H3,(H,17,18);5-6,9,13H,3-4,7-8,10H2,1-2H3,(H2,16,17,18);1H4;1H. The number of H-pyrrole nitrogens is 1. The molecule has 0 bridgehead atoms. The fourth-order valence-corrected chi connectivity index (χ4v) is 12.4. The number of ether oxygens (including phenoxy) is 4. The van der Waals surface area contributed by atoms with Gasteiger partial charge < -0.3 is 44.8 Å². The number of amides is 3. The van der Waals surface area contributed by atoms with Gasteiger partial charge in [-0.3, -0.25) is 43.6 Å². The Bertz CT molecular complexity index is 4430. The first kappa shape index (κ1) is 75.8. The highest BCUT2D eigenvalue weighted by Crippen LogP contribution is 2.36. The highest BCUT2D eigenvalue weighted by molar-refractivity contribution is 5.85. The number of aromatic amines is 1. The molecule has 3 amide bonds. The van der Waals surface area contributed by atoms with Crippen molar-refractivity contribution in [1.82, 2.24) is 64.6 Å². The molecule has 25 nitrogen and oxygen atoms in total. The summed E-state index contributed by atoms with van der Waals surface area (Å²) in [4.78, 5) is 92.8. The molecule has 0 spiro atoms. The number of aromatic nitrogens is 8. The number of urea groups is 1. The third-order valence-corrected chi connectivity index (χ3v) is 17.7. The minimum absolute atomic E-state index is 0. The predicted molar refractivity (Wildman–Crippen MR) is 390 cm³/mol. The number of hydrogen-bond donors (Lipinski definition) is 4. The number of methoxy groups -OCH3 is 1. The van der Waals surface area contributed by atoms with Crippen molar-refractivity contribution in [2.75, 3.05) is 66.6 Å². The summed E-state index contributed by atoms with van der Waals surface area (Å²) in [7, 11) is 5.62. The number of non-ortho nitro benzene ring substituents is 1. The second-order valence-electron chi connectivity index (χ2n) is 25.0. The molecule has 3 saturated heterocycles. The van der Waals surface area contributed by atoms with Crippen molar-refractivity contribution in [2.45, 2.75) is 130 Å². The molecule has 4 aromatic carbocycles. The van der Waals surface area contributed by atoms with Crippen molar-refractivity contribution in [1.29, 1.82) is 0 Å². The second kappa shape index (κ2) is 36.2. The lowest BCUT2D eigenvalue weighted by Crippen LogP contribution is -2.43. The molecule has 4 fully saturated rings. The molecule has 100 heavy (non-hydrogen) atoms. The van der Waals surface area contributed by atoms with Gasteiger partial charge >= 0.3 is 11.7 Å². The minimum atomic E-state index is -0.631. The molecule has 5 aromatic heterocycles. The number of nitrogens with one attached hydrogen (secondary N) is 4. The van der Waals surface area contributed by atoms with Gasteiger partial charge in [-0.2, -0.15) is 5.10 Å². The molecule has 1 saturated carbocycles. The van der Waals surface area contributed by atoms with Gasteiger partial charge in [0, 0.05) is 95.9 Å². The number of piperazine rings is 1. The van der Waals surface area contributed by atoms with E-state index in [1.807, 2.05) is 31.2 Å². The van der Waals surface area contributed by atoms with Crippen LogP contribution in [0.15, 0.2) is 136 Å². The summed E-state index contributed by atoms with van der Waals surface area (Å²) < 4.78 is 27.1. The molecule has 9 aromatic rings. The van der Waals surface area contributed by atoms with Crippen LogP contribution in [0, 0.1) is 17.0 Å². The van der Waals surface area contributed by atoms with Crippen LogP contribution in [0.2, 0.25) is 0 Å². The second-order valence-corrected chi connectivity index (χ2v) is 25.0. The topological polar surface area (TPSA) is 290 Å². The van der Waals surface area contributed by atoms with Gasteiger partial charge in [-0.1, -0.05) is 64.4 Å². The van der Waals surface area contributed by atoms with E-state index in [0.717, 1.165) is 140 Å². The number of carbonyl (C=O) groups is 2. The van der Waals surface area contributed by atoms with Crippen molar-refractivity contribution in [3.8, 4) is 40.1 Å². The average molecular weight is 1390 g/mol. The summed E-state index contributed by atoms with van der Waals surface area (Å²) in [5.74, 6) is 4.19. The maximum atomic E-state index is 13.2. The van der Waals surface area contributed by atoms with Gasteiger partial charge in [-0.15, -0.1) is 12.4 Å². The largest absolute Gasteiger partial charge is 0.493 e. The number of nitrogens with zero attached hydrogens (tertiary/aromatic N) is 10. The van der Waals surface area contributed by atoms with E-state index < -0.39 is 16.2 Å². The summed E-state index contributed by atoms with van der Waals surface area (Å²) in [6.07, 6.45) is 15.0. The molecular formula is C74H93ClN14O11. The van der Waals surface area contributed by atoms with Crippen molar-refractivity contribution in [3.05, 3.63) is 197 Å². The lowest BCUT2D eigenvalue weighted by Gasteiger charge is -2.32. The van der Waals surface area contributed by atoms with E-state index in [0.29, 0.717) is 49.1 Å². The third-order valence-electron chi connectivity index (χ3n) is 17.7. The van der Waals surface area contributed by atoms with Gasteiger partial charge in [0.1, 0.15) is 22.8 Å². The number of fused-ring (bicyclic) bond motifs is 2. The number of rotatable bonds is 21. The van der Waals surface area contributed by atoms with E-state index >= 15 is 0 Å². The zero-order chi connectivity index (χ0) is 69.2. The quantitative estimate of drug-likeness (QED) is 0.0295. The van der Waals surface area contributed by atoms with Crippen LogP contribution < -0.4 is 51.7 Å². The Morgan fingerprint density at radius 3 is 2.20 bits per heavy atom. The molecule has 0 radical (unpaired) electrons. The van der Waals surface area contributed by atoms with E-state index in [-0.39, 0.29) is 78.2 Å². The summed E-state index contributed by atoms with van der Waals surface area (Å²) in [6, 6.07) is 30.8. The Kier molecular flexibility index (Phi) is 27.4. The molecule has 26 heteroatoms. The van der Waals surface area contributed by atoms with Gasteiger partial charge in [-0.05, 0) is 154 Å². The van der Waals surface area contributed by atoms with Gasteiger partial charge in [0.2, 0.25) is 5.91 Å². The fourth-order valence-electron chi connectivity index (χ4n) is 12.4. The Balaban J connectivity index is 0.000000172. The molecule has 2 unspecified atom stereocenters. The van der Waals surface area contributed by atoms with Gasteiger partial charge in [0.15, 0.2) is 22.7 Å². The molecule has 2 atom stereocenters. The van der Waals surface area contributed by atoms with E-state index in [9.17, 15) is 34.1 Å². The van der Waals surface area contributed by atoms with Gasteiger partial charge in [-0.25, -0.2) is 24.1 Å². The van der Waals surface area contributed by atoms with Crippen molar-refractivity contribution in [2.24, 2.45) is 7.05 Å². The van der Waals surface area contributed by atoms with Crippen LogP contribution >= 0.6 is 12.4 Å². The molecule has 532 valence electrons. The highest BCUT2D eigenvalue weighted by atomic mass is 35.5. The van der Waals surface area contributed by atoms with Gasteiger partial charge in [0.05, 0.1) is 66.3 Å². The first-order valence-electron chi connectivity index (χ1n) is 33.8. The molecule has 4 N–H and O–H groups in total. The molecule has 4 aliphatic rings. The molecular weight excluding hydrogens is 1300 g/mol. The lowest BCUT2D eigenvalue weighted by atomic mass is 9.98. The lowest BCUT2D eigenvalue weighted by molar-refractivity contribution is -0.384. The van der Waals surface area contributed by atoms with Crippen LogP contribution in [-0.4, -0.2) is 144 Å². The number of unbranched alkanes of at least 4 members (excludes halogenated alkanes) is 1.